The van der Waals surface area contributed by atoms with E-state index in [0.717, 1.165) is 12.1 Å². The van der Waals surface area contributed by atoms with Crippen LogP contribution >= 0.6 is 0 Å². The van der Waals surface area contributed by atoms with E-state index in [1.165, 1.54) is 12.3 Å². The van der Waals surface area contributed by atoms with Crippen LogP contribution in [0.3, 0.4) is 0 Å². The molecule has 116 valence electrons. The van der Waals surface area contributed by atoms with Crippen LogP contribution in [0.5, 0.6) is 0 Å². The Morgan fingerprint density at radius 3 is 2.68 bits per heavy atom. The Labute approximate surface area is 125 Å². The van der Waals surface area contributed by atoms with Crippen molar-refractivity contribution >= 4 is 27.1 Å². The summed E-state index contributed by atoms with van der Waals surface area (Å²) in [6.45, 7) is 1.65. The summed E-state index contributed by atoms with van der Waals surface area (Å²) in [6.07, 6.45) is 1.47. The van der Waals surface area contributed by atoms with Gasteiger partial charge in [0.05, 0.1) is 16.1 Å². The number of rotatable bonds is 5. The second-order valence-electron chi connectivity index (χ2n) is 4.27. The molecule has 0 aliphatic heterocycles. The molecule has 0 saturated heterocycles. The van der Waals surface area contributed by atoms with Crippen LogP contribution in [0.25, 0.3) is 0 Å². The SMILES string of the molecule is C/C(=N/Nc1ccc(S(N)(=O)=O)cc1[N+](=O)[O-])c1ccco1. The lowest BCUT2D eigenvalue weighted by molar-refractivity contribution is -0.384. The van der Waals surface area contributed by atoms with Gasteiger partial charge >= 0.3 is 0 Å². The van der Waals surface area contributed by atoms with Crippen molar-refractivity contribution in [2.24, 2.45) is 10.2 Å². The van der Waals surface area contributed by atoms with E-state index in [2.05, 4.69) is 10.5 Å². The number of nitrogens with one attached hydrogen (secondary N) is 1. The van der Waals surface area contributed by atoms with Crippen LogP contribution in [0.2, 0.25) is 0 Å². The fraction of sp³-hybridized carbons (Fsp3) is 0.0833. The third-order valence-corrected chi connectivity index (χ3v) is 3.63. The minimum Gasteiger partial charge on any atom is -0.463 e. The molecule has 0 unspecified atom stereocenters. The van der Waals surface area contributed by atoms with E-state index in [4.69, 9.17) is 9.56 Å². The highest BCUT2D eigenvalue weighted by atomic mass is 32.2. The van der Waals surface area contributed by atoms with E-state index in [1.807, 2.05) is 0 Å². The maximum absolute atomic E-state index is 11.2. The van der Waals surface area contributed by atoms with Gasteiger partial charge in [-0.25, -0.2) is 13.6 Å². The molecule has 1 aromatic heterocycles. The first-order valence-corrected chi connectivity index (χ1v) is 7.49. The molecule has 3 N–H and O–H groups in total. The number of hydrogen-bond acceptors (Lipinski definition) is 7. The normalized spacial score (nSPS) is 12.2. The van der Waals surface area contributed by atoms with Gasteiger partial charge < -0.3 is 4.42 Å². The molecule has 0 aliphatic rings. The number of furan rings is 1. The Bertz CT molecular complexity index is 827. The van der Waals surface area contributed by atoms with E-state index in [9.17, 15) is 18.5 Å². The summed E-state index contributed by atoms with van der Waals surface area (Å²) >= 11 is 0. The van der Waals surface area contributed by atoms with Crippen molar-refractivity contribution in [1.29, 1.82) is 0 Å². The summed E-state index contributed by atoms with van der Waals surface area (Å²) in [5.41, 5.74) is 2.55. The van der Waals surface area contributed by atoms with E-state index in [-0.39, 0.29) is 10.6 Å². The minimum absolute atomic E-state index is 0.0308. The Kier molecular flexibility index (Phi) is 4.24. The fourth-order valence-corrected chi connectivity index (χ4v) is 2.15. The molecule has 0 spiro atoms. The van der Waals surface area contributed by atoms with E-state index in [1.54, 1.807) is 19.1 Å². The number of primary sulfonamides is 1. The number of nitro groups is 1. The molecule has 22 heavy (non-hydrogen) atoms. The Morgan fingerprint density at radius 1 is 1.41 bits per heavy atom. The highest BCUT2D eigenvalue weighted by Gasteiger charge is 2.19. The molecular formula is C12H12N4O5S. The second-order valence-corrected chi connectivity index (χ2v) is 5.83. The molecule has 2 aromatic rings. The highest BCUT2D eigenvalue weighted by molar-refractivity contribution is 7.89. The first-order chi connectivity index (χ1) is 10.3. The van der Waals surface area contributed by atoms with Gasteiger partial charge in [0.25, 0.3) is 5.69 Å². The lowest BCUT2D eigenvalue weighted by atomic mass is 10.3. The first-order valence-electron chi connectivity index (χ1n) is 5.94. The standard InChI is InChI=1S/C12H12N4O5S/c1-8(12-3-2-6-21-12)14-15-10-5-4-9(22(13,19)20)7-11(10)16(17)18/h2-7,15H,1H3,(H2,13,19,20)/b14-8-. The lowest BCUT2D eigenvalue weighted by Crippen LogP contribution is -2.12. The van der Waals surface area contributed by atoms with Gasteiger partial charge in [-0.05, 0) is 31.2 Å². The number of hydrazone groups is 1. The topological polar surface area (TPSA) is 141 Å². The molecule has 0 fully saturated rings. The molecule has 0 radical (unpaired) electrons. The van der Waals surface area contributed by atoms with Crippen LogP contribution in [0.1, 0.15) is 12.7 Å². The number of anilines is 1. The van der Waals surface area contributed by atoms with Crippen molar-refractivity contribution in [1.82, 2.24) is 0 Å². The average Bonchev–Trinajstić information content (AvgIpc) is 2.97. The van der Waals surface area contributed by atoms with E-state index in [0.29, 0.717) is 11.5 Å². The summed E-state index contributed by atoms with van der Waals surface area (Å²) in [5, 5.41) is 19.9. The quantitative estimate of drug-likeness (QED) is 0.487. The molecule has 1 aromatic carbocycles. The zero-order valence-corrected chi connectivity index (χ0v) is 12.2. The molecule has 0 atom stereocenters. The predicted molar refractivity (Wildman–Crippen MR) is 79.0 cm³/mol. The molecular weight excluding hydrogens is 312 g/mol. The van der Waals surface area contributed by atoms with Crippen LogP contribution in [0, 0.1) is 10.1 Å². The maximum Gasteiger partial charge on any atom is 0.295 e. The number of nitrogens with two attached hydrogens (primary N) is 1. The molecule has 9 nitrogen and oxygen atoms in total. The largest absolute Gasteiger partial charge is 0.463 e. The zero-order chi connectivity index (χ0) is 16.3. The van der Waals surface area contributed by atoms with Gasteiger partial charge in [0.2, 0.25) is 10.0 Å². The summed E-state index contributed by atoms with van der Waals surface area (Å²) in [7, 11) is -4.03. The number of hydrogen-bond donors (Lipinski definition) is 2. The minimum atomic E-state index is -4.03. The summed E-state index contributed by atoms with van der Waals surface area (Å²) in [6, 6.07) is 6.60. The Balaban J connectivity index is 2.35. The highest BCUT2D eigenvalue weighted by Crippen LogP contribution is 2.27. The number of nitrogens with zero attached hydrogens (tertiary/aromatic N) is 2. The predicted octanol–water partition coefficient (Wildman–Crippen LogP) is 1.67. The van der Waals surface area contributed by atoms with Gasteiger partial charge in [0.1, 0.15) is 17.2 Å². The van der Waals surface area contributed by atoms with Crippen molar-refractivity contribution in [3.8, 4) is 0 Å². The van der Waals surface area contributed by atoms with Crippen LogP contribution in [-0.2, 0) is 10.0 Å². The maximum atomic E-state index is 11.2. The van der Waals surface area contributed by atoms with E-state index < -0.39 is 20.6 Å². The molecule has 0 bridgehead atoms. The van der Waals surface area contributed by atoms with Crippen molar-refractivity contribution < 1.29 is 17.8 Å². The van der Waals surface area contributed by atoms with Crippen molar-refractivity contribution in [2.75, 3.05) is 5.43 Å². The smallest absolute Gasteiger partial charge is 0.295 e. The molecule has 0 saturated carbocycles. The Hall–Kier alpha value is -2.72. The molecule has 0 amide bonds. The zero-order valence-electron chi connectivity index (χ0n) is 11.4. The third-order valence-electron chi connectivity index (χ3n) is 2.72. The van der Waals surface area contributed by atoms with Gasteiger partial charge in [-0.3, -0.25) is 15.5 Å². The fourth-order valence-electron chi connectivity index (χ4n) is 1.62. The summed E-state index contributed by atoms with van der Waals surface area (Å²) in [4.78, 5) is 9.96. The van der Waals surface area contributed by atoms with Gasteiger partial charge in [0, 0.05) is 6.07 Å². The third kappa shape index (κ3) is 3.48. The summed E-state index contributed by atoms with van der Waals surface area (Å²) in [5.74, 6) is 0.497. The van der Waals surface area contributed by atoms with Crippen molar-refractivity contribution in [3.63, 3.8) is 0 Å². The number of benzene rings is 1. The molecule has 1 heterocycles. The van der Waals surface area contributed by atoms with Gasteiger partial charge in [-0.2, -0.15) is 5.10 Å². The first kappa shape index (κ1) is 15.7. The monoisotopic (exact) mass is 324 g/mol. The van der Waals surface area contributed by atoms with Crippen molar-refractivity contribution in [2.45, 2.75) is 11.8 Å². The second kappa shape index (κ2) is 5.95. The average molecular weight is 324 g/mol. The van der Waals surface area contributed by atoms with Gasteiger partial charge in [-0.15, -0.1) is 0 Å². The van der Waals surface area contributed by atoms with Crippen molar-refractivity contribution in [3.05, 3.63) is 52.5 Å². The van der Waals surface area contributed by atoms with E-state index >= 15 is 0 Å². The van der Waals surface area contributed by atoms with Crippen LogP contribution < -0.4 is 10.6 Å². The number of sulfonamides is 1. The van der Waals surface area contributed by atoms with Crippen LogP contribution in [0.15, 0.2) is 51.0 Å². The molecule has 0 aliphatic carbocycles. The lowest BCUT2D eigenvalue weighted by Gasteiger charge is -2.05. The van der Waals surface area contributed by atoms with Gasteiger partial charge in [-0.1, -0.05) is 0 Å². The number of nitro benzene ring substituents is 1. The molecule has 10 heteroatoms. The van der Waals surface area contributed by atoms with Crippen LogP contribution in [0.4, 0.5) is 11.4 Å². The Morgan fingerprint density at radius 2 is 2.14 bits per heavy atom. The van der Waals surface area contributed by atoms with Crippen LogP contribution in [-0.4, -0.2) is 19.1 Å². The molecule has 2 rings (SSSR count). The summed E-state index contributed by atoms with van der Waals surface area (Å²) < 4.78 is 27.6. The van der Waals surface area contributed by atoms with Gasteiger partial charge in [0.15, 0.2) is 0 Å².